The number of methoxy groups -OCH3 is 1. The van der Waals surface area contributed by atoms with Crippen molar-refractivity contribution in [3.8, 4) is 17.6 Å². The van der Waals surface area contributed by atoms with Crippen LogP contribution >= 0.6 is 11.6 Å². The van der Waals surface area contributed by atoms with Crippen LogP contribution in [0.5, 0.6) is 11.5 Å². The fourth-order valence-electron chi connectivity index (χ4n) is 1.85. The SMILES string of the molecule is COc1cc(CN)ccc1OCc1ccc(C#N)cc1Cl. The molecule has 2 rings (SSSR count). The summed E-state index contributed by atoms with van der Waals surface area (Å²) in [6.07, 6.45) is 0. The molecule has 2 aromatic rings. The van der Waals surface area contributed by atoms with Crippen molar-refractivity contribution < 1.29 is 9.47 Å². The largest absolute Gasteiger partial charge is 0.493 e. The van der Waals surface area contributed by atoms with Crippen molar-refractivity contribution >= 4 is 11.6 Å². The van der Waals surface area contributed by atoms with E-state index in [-0.39, 0.29) is 0 Å². The van der Waals surface area contributed by atoms with Crippen LogP contribution in [0.1, 0.15) is 16.7 Å². The number of rotatable bonds is 5. The average molecular weight is 303 g/mol. The molecule has 0 amide bonds. The van der Waals surface area contributed by atoms with Crippen LogP contribution in [0.25, 0.3) is 0 Å². The molecule has 0 bridgehead atoms. The molecule has 0 atom stereocenters. The quantitative estimate of drug-likeness (QED) is 0.920. The number of nitrogens with two attached hydrogens (primary N) is 1. The van der Waals surface area contributed by atoms with Crippen LogP contribution in [0.4, 0.5) is 0 Å². The zero-order valence-electron chi connectivity index (χ0n) is 11.6. The van der Waals surface area contributed by atoms with Gasteiger partial charge in [0.05, 0.1) is 18.7 Å². The summed E-state index contributed by atoms with van der Waals surface area (Å²) in [5.41, 5.74) is 7.89. The van der Waals surface area contributed by atoms with E-state index in [9.17, 15) is 0 Å². The molecule has 2 N–H and O–H groups in total. The molecular formula is C16H15ClN2O2. The van der Waals surface area contributed by atoms with Gasteiger partial charge >= 0.3 is 0 Å². The van der Waals surface area contributed by atoms with Gasteiger partial charge in [0.15, 0.2) is 11.5 Å². The average Bonchev–Trinajstić information content (AvgIpc) is 2.53. The zero-order chi connectivity index (χ0) is 15.2. The maximum Gasteiger partial charge on any atom is 0.161 e. The van der Waals surface area contributed by atoms with Gasteiger partial charge < -0.3 is 15.2 Å². The van der Waals surface area contributed by atoms with Crippen LogP contribution in [0, 0.1) is 11.3 Å². The second kappa shape index (κ2) is 6.98. The highest BCUT2D eigenvalue weighted by molar-refractivity contribution is 6.31. The molecule has 0 aliphatic rings. The van der Waals surface area contributed by atoms with Crippen molar-refractivity contribution in [3.05, 3.63) is 58.1 Å². The topological polar surface area (TPSA) is 68.3 Å². The fraction of sp³-hybridized carbons (Fsp3) is 0.188. The first kappa shape index (κ1) is 15.2. The molecule has 0 aliphatic carbocycles. The highest BCUT2D eigenvalue weighted by Gasteiger charge is 2.08. The van der Waals surface area contributed by atoms with Gasteiger partial charge in [0.1, 0.15) is 6.61 Å². The summed E-state index contributed by atoms with van der Waals surface area (Å²) in [5, 5.41) is 9.32. The van der Waals surface area contributed by atoms with Crippen LogP contribution in [-0.2, 0) is 13.2 Å². The molecule has 2 aromatic carbocycles. The molecule has 21 heavy (non-hydrogen) atoms. The van der Waals surface area contributed by atoms with Gasteiger partial charge in [0.2, 0.25) is 0 Å². The van der Waals surface area contributed by atoms with E-state index >= 15 is 0 Å². The fourth-order valence-corrected chi connectivity index (χ4v) is 2.08. The van der Waals surface area contributed by atoms with Crippen molar-refractivity contribution in [1.29, 1.82) is 5.26 Å². The second-order valence-electron chi connectivity index (χ2n) is 4.40. The van der Waals surface area contributed by atoms with Crippen LogP contribution in [0.15, 0.2) is 36.4 Å². The smallest absolute Gasteiger partial charge is 0.161 e. The maximum atomic E-state index is 8.81. The molecule has 0 unspecified atom stereocenters. The Morgan fingerprint density at radius 2 is 2.00 bits per heavy atom. The number of halogens is 1. The normalized spacial score (nSPS) is 10.0. The number of nitrogens with zero attached hydrogens (tertiary/aromatic N) is 1. The lowest BCUT2D eigenvalue weighted by molar-refractivity contribution is 0.284. The van der Waals surface area contributed by atoms with E-state index in [0.29, 0.717) is 35.2 Å². The lowest BCUT2D eigenvalue weighted by Crippen LogP contribution is -2.01. The summed E-state index contributed by atoms with van der Waals surface area (Å²) < 4.78 is 11.0. The van der Waals surface area contributed by atoms with E-state index in [4.69, 9.17) is 32.1 Å². The van der Waals surface area contributed by atoms with Gasteiger partial charge in [-0.1, -0.05) is 23.7 Å². The van der Waals surface area contributed by atoms with Crippen molar-refractivity contribution in [2.75, 3.05) is 7.11 Å². The summed E-state index contributed by atoms with van der Waals surface area (Å²) in [6.45, 7) is 0.737. The number of nitriles is 1. The van der Waals surface area contributed by atoms with Crippen LogP contribution < -0.4 is 15.2 Å². The van der Waals surface area contributed by atoms with Crippen molar-refractivity contribution in [2.45, 2.75) is 13.2 Å². The Morgan fingerprint density at radius 1 is 1.19 bits per heavy atom. The van der Waals surface area contributed by atoms with E-state index in [1.807, 2.05) is 24.3 Å². The maximum absolute atomic E-state index is 8.81. The van der Waals surface area contributed by atoms with Gasteiger partial charge in [-0.15, -0.1) is 0 Å². The summed E-state index contributed by atoms with van der Waals surface area (Å²) in [7, 11) is 1.58. The van der Waals surface area contributed by atoms with E-state index < -0.39 is 0 Å². The molecule has 0 saturated carbocycles. The van der Waals surface area contributed by atoms with Gasteiger partial charge in [0, 0.05) is 17.1 Å². The Hall–Kier alpha value is -2.22. The van der Waals surface area contributed by atoms with Crippen LogP contribution in [0.3, 0.4) is 0 Å². The number of ether oxygens (including phenoxy) is 2. The minimum atomic E-state index is 0.295. The Kier molecular flexibility index (Phi) is 5.04. The third-order valence-corrected chi connectivity index (χ3v) is 3.38. The standard InChI is InChI=1S/C16H15ClN2O2/c1-20-16-7-12(9-19)3-5-15(16)21-10-13-4-2-11(8-18)6-14(13)17/h2-7H,9-10,19H2,1H3. The Balaban J connectivity index is 2.15. The predicted molar refractivity (Wildman–Crippen MR) is 81.4 cm³/mol. The summed E-state index contributed by atoms with van der Waals surface area (Å²) in [4.78, 5) is 0. The van der Waals surface area contributed by atoms with Crippen molar-refractivity contribution in [1.82, 2.24) is 0 Å². The van der Waals surface area contributed by atoms with Crippen LogP contribution in [-0.4, -0.2) is 7.11 Å². The molecule has 0 aromatic heterocycles. The summed E-state index contributed by atoms with van der Waals surface area (Å²) in [5.74, 6) is 1.25. The summed E-state index contributed by atoms with van der Waals surface area (Å²) in [6, 6.07) is 12.7. The minimum absolute atomic E-state index is 0.295. The summed E-state index contributed by atoms with van der Waals surface area (Å²) >= 11 is 6.12. The Labute approximate surface area is 128 Å². The van der Waals surface area contributed by atoms with E-state index in [0.717, 1.165) is 11.1 Å². The van der Waals surface area contributed by atoms with E-state index in [1.165, 1.54) is 0 Å². The highest BCUT2D eigenvalue weighted by atomic mass is 35.5. The van der Waals surface area contributed by atoms with Crippen molar-refractivity contribution in [3.63, 3.8) is 0 Å². The third kappa shape index (κ3) is 3.66. The monoisotopic (exact) mass is 302 g/mol. The number of hydrogen-bond donors (Lipinski definition) is 1. The predicted octanol–water partition coefficient (Wildman–Crippen LogP) is 3.26. The molecule has 0 saturated heterocycles. The Bertz CT molecular complexity index is 680. The van der Waals surface area contributed by atoms with Crippen molar-refractivity contribution in [2.24, 2.45) is 5.73 Å². The molecule has 0 aliphatic heterocycles. The number of benzene rings is 2. The van der Waals surface area contributed by atoms with E-state index in [1.54, 1.807) is 25.3 Å². The molecular weight excluding hydrogens is 288 g/mol. The lowest BCUT2D eigenvalue weighted by Gasteiger charge is -2.12. The van der Waals surface area contributed by atoms with Gasteiger partial charge in [-0.2, -0.15) is 5.26 Å². The van der Waals surface area contributed by atoms with Gasteiger partial charge in [-0.25, -0.2) is 0 Å². The molecule has 0 heterocycles. The van der Waals surface area contributed by atoms with Gasteiger partial charge in [-0.05, 0) is 29.8 Å². The number of hydrogen-bond acceptors (Lipinski definition) is 4. The van der Waals surface area contributed by atoms with Crippen LogP contribution in [0.2, 0.25) is 5.02 Å². The molecule has 5 heteroatoms. The molecule has 0 spiro atoms. The first-order valence-corrected chi connectivity index (χ1v) is 6.74. The van der Waals surface area contributed by atoms with Gasteiger partial charge in [-0.3, -0.25) is 0 Å². The zero-order valence-corrected chi connectivity index (χ0v) is 12.4. The first-order chi connectivity index (χ1) is 10.2. The highest BCUT2D eigenvalue weighted by Crippen LogP contribution is 2.29. The minimum Gasteiger partial charge on any atom is -0.493 e. The molecule has 108 valence electrons. The molecule has 0 fully saturated rings. The third-order valence-electron chi connectivity index (χ3n) is 3.03. The second-order valence-corrected chi connectivity index (χ2v) is 4.80. The van der Waals surface area contributed by atoms with Gasteiger partial charge in [0.25, 0.3) is 0 Å². The Morgan fingerprint density at radius 3 is 2.62 bits per heavy atom. The lowest BCUT2D eigenvalue weighted by atomic mass is 10.1. The molecule has 0 radical (unpaired) electrons. The first-order valence-electron chi connectivity index (χ1n) is 6.36. The molecule has 4 nitrogen and oxygen atoms in total. The van der Waals surface area contributed by atoms with E-state index in [2.05, 4.69) is 0 Å².